The predicted molar refractivity (Wildman–Crippen MR) is 99.8 cm³/mol. The van der Waals surface area contributed by atoms with E-state index in [-0.39, 0.29) is 23.4 Å². The Hall–Kier alpha value is -2.40. The van der Waals surface area contributed by atoms with Crippen LogP contribution in [0.1, 0.15) is 22.5 Å². The lowest BCUT2D eigenvalue weighted by molar-refractivity contribution is -0.141. The number of nitrogens with zero attached hydrogens (tertiary/aromatic N) is 2. The fourth-order valence-corrected chi connectivity index (χ4v) is 3.96. The molecule has 1 fully saturated rings. The molecule has 0 saturated carbocycles. The van der Waals surface area contributed by atoms with E-state index in [0.29, 0.717) is 22.9 Å². The van der Waals surface area contributed by atoms with Crippen LogP contribution < -0.4 is 10.6 Å². The van der Waals surface area contributed by atoms with Crippen molar-refractivity contribution in [2.75, 3.05) is 16.8 Å². The Labute approximate surface area is 165 Å². The zero-order valence-electron chi connectivity index (χ0n) is 14.2. The molecule has 2 unspecified atom stereocenters. The Balaban J connectivity index is 1.79. The Kier molecular flexibility index (Phi) is 6.04. The lowest BCUT2D eigenvalue weighted by Crippen LogP contribution is -2.37. The van der Waals surface area contributed by atoms with Crippen LogP contribution >= 0.6 is 11.6 Å². The zero-order chi connectivity index (χ0) is 20.3. The first-order valence-electron chi connectivity index (χ1n) is 8.10. The number of rotatable bonds is 3. The number of hydrogen-bond donors (Lipinski definition) is 3. The Bertz CT molecular complexity index is 914. The third kappa shape index (κ3) is 5.32. The van der Waals surface area contributed by atoms with Gasteiger partial charge in [-0.25, -0.2) is 4.99 Å². The van der Waals surface area contributed by atoms with Crippen LogP contribution in [0.25, 0.3) is 0 Å². The molecule has 7 nitrogen and oxygen atoms in total. The first kappa shape index (κ1) is 20.3. The highest BCUT2D eigenvalue weighted by atomic mass is 35.5. The van der Waals surface area contributed by atoms with Gasteiger partial charge >= 0.3 is 6.18 Å². The number of aromatic nitrogens is 2. The van der Waals surface area contributed by atoms with E-state index < -0.39 is 28.6 Å². The van der Waals surface area contributed by atoms with Crippen LogP contribution in [-0.2, 0) is 17.0 Å². The number of amides is 1. The summed E-state index contributed by atoms with van der Waals surface area (Å²) in [5.41, 5.74) is -0.757. The summed E-state index contributed by atoms with van der Waals surface area (Å²) in [6.07, 6.45) is -4.04. The van der Waals surface area contributed by atoms with Gasteiger partial charge in [-0.15, -0.1) is 0 Å². The molecule has 2 atom stereocenters. The highest BCUT2D eigenvalue weighted by Gasteiger charge is 2.33. The van der Waals surface area contributed by atoms with Crippen LogP contribution in [0.5, 0.6) is 0 Å². The largest absolute Gasteiger partial charge is 0.432 e. The number of alkyl halides is 3. The number of H-pyrrole nitrogens is 1. The van der Waals surface area contributed by atoms with Gasteiger partial charge in [0.15, 0.2) is 5.82 Å². The van der Waals surface area contributed by atoms with Gasteiger partial charge in [-0.3, -0.25) is 19.4 Å². The molecule has 0 spiro atoms. The smallest absolute Gasteiger partial charge is 0.309 e. The molecule has 0 bridgehead atoms. The summed E-state index contributed by atoms with van der Waals surface area (Å²) in [6, 6.07) is 6.49. The van der Waals surface area contributed by atoms with Gasteiger partial charge < -0.3 is 5.32 Å². The molecule has 28 heavy (non-hydrogen) atoms. The number of nitrogens with one attached hydrogen (secondary N) is 3. The van der Waals surface area contributed by atoms with Crippen molar-refractivity contribution < 1.29 is 22.2 Å². The van der Waals surface area contributed by atoms with Crippen molar-refractivity contribution in [2.45, 2.75) is 18.6 Å². The molecule has 2 heterocycles. The fraction of sp³-hybridized carbons (Fsp3) is 0.312. The molecule has 1 aromatic heterocycles. The first-order valence-corrected chi connectivity index (χ1v) is 9.96. The Morgan fingerprint density at radius 1 is 1.32 bits per heavy atom. The summed E-state index contributed by atoms with van der Waals surface area (Å²) in [7, 11) is -1.01. The number of carbonyl (C=O) groups is 1. The third-order valence-corrected chi connectivity index (χ3v) is 5.54. The fourth-order valence-electron chi connectivity index (χ4n) is 2.46. The number of aromatic amines is 1. The van der Waals surface area contributed by atoms with Crippen molar-refractivity contribution >= 4 is 40.1 Å². The second-order valence-electron chi connectivity index (χ2n) is 5.98. The lowest BCUT2D eigenvalue weighted by atomic mass is 10.2. The van der Waals surface area contributed by atoms with Gasteiger partial charge in [0.25, 0.3) is 5.91 Å². The summed E-state index contributed by atoms with van der Waals surface area (Å²) in [5, 5.41) is 11.0. The van der Waals surface area contributed by atoms with Crippen LogP contribution in [0, 0.1) is 0 Å². The minimum Gasteiger partial charge on any atom is -0.309 e. The number of hydrogen-bond acceptors (Lipinski definition) is 4. The van der Waals surface area contributed by atoms with Gasteiger partial charge in [0.2, 0.25) is 5.96 Å². The van der Waals surface area contributed by atoms with E-state index in [1.165, 1.54) is 24.3 Å². The van der Waals surface area contributed by atoms with Crippen molar-refractivity contribution in [3.63, 3.8) is 0 Å². The normalized spacial score (nSPS) is 20.2. The molecule has 150 valence electrons. The van der Waals surface area contributed by atoms with Crippen molar-refractivity contribution in [2.24, 2.45) is 4.99 Å². The van der Waals surface area contributed by atoms with E-state index in [1.54, 1.807) is 0 Å². The maximum absolute atomic E-state index is 12.7. The van der Waals surface area contributed by atoms with Crippen LogP contribution in [0.4, 0.5) is 19.0 Å². The van der Waals surface area contributed by atoms with Crippen molar-refractivity contribution in [1.29, 1.82) is 0 Å². The van der Waals surface area contributed by atoms with Gasteiger partial charge in [0.1, 0.15) is 5.69 Å². The summed E-state index contributed by atoms with van der Waals surface area (Å²) in [6.45, 7) is 0. The van der Waals surface area contributed by atoms with Crippen molar-refractivity contribution in [3.05, 3.63) is 46.6 Å². The Morgan fingerprint density at radius 3 is 2.61 bits per heavy atom. The average Bonchev–Trinajstić information content (AvgIpc) is 3.24. The molecule has 1 aromatic carbocycles. The van der Waals surface area contributed by atoms with Crippen molar-refractivity contribution in [3.8, 4) is 0 Å². The summed E-state index contributed by atoms with van der Waals surface area (Å²) in [5.74, 6) is 0.0168. The van der Waals surface area contributed by atoms with Gasteiger partial charge in [-0.2, -0.15) is 18.3 Å². The van der Waals surface area contributed by atoms with Gasteiger partial charge in [0, 0.05) is 39.0 Å². The molecule has 12 heteroatoms. The third-order valence-electron chi connectivity index (χ3n) is 3.84. The van der Waals surface area contributed by atoms with E-state index in [2.05, 4.69) is 20.7 Å². The monoisotopic (exact) mass is 433 g/mol. The first-order chi connectivity index (χ1) is 13.2. The maximum atomic E-state index is 12.7. The maximum Gasteiger partial charge on any atom is 0.432 e. The van der Waals surface area contributed by atoms with Crippen LogP contribution in [0.2, 0.25) is 5.02 Å². The van der Waals surface area contributed by atoms with E-state index >= 15 is 0 Å². The lowest BCUT2D eigenvalue weighted by Gasteiger charge is -2.12. The van der Waals surface area contributed by atoms with Crippen molar-refractivity contribution in [1.82, 2.24) is 15.5 Å². The second kappa shape index (κ2) is 8.31. The second-order valence-corrected chi connectivity index (χ2v) is 8.04. The van der Waals surface area contributed by atoms with E-state index in [0.717, 1.165) is 6.07 Å². The molecule has 0 radical (unpaired) electrons. The summed E-state index contributed by atoms with van der Waals surface area (Å²) < 4.78 is 49.8. The number of halogens is 4. The summed E-state index contributed by atoms with van der Waals surface area (Å²) >= 11 is 5.80. The number of carbonyl (C=O) groups excluding carboxylic acids is 1. The number of guanidine groups is 1. The van der Waals surface area contributed by atoms with Crippen LogP contribution in [0.3, 0.4) is 0 Å². The molecule has 1 aliphatic rings. The molecular formula is C16H15ClF3N5O2S. The topological polar surface area (TPSA) is 99.2 Å². The highest BCUT2D eigenvalue weighted by Crippen LogP contribution is 2.28. The van der Waals surface area contributed by atoms with Gasteiger partial charge in [0.05, 0.1) is 6.04 Å². The Morgan fingerprint density at radius 2 is 2.04 bits per heavy atom. The van der Waals surface area contributed by atoms with Crippen LogP contribution in [0.15, 0.2) is 35.3 Å². The SMILES string of the molecule is O=C(NC(=NC1CCS(=O)C1)Nc1cc(C(F)(F)F)[nH]n1)c1ccc(Cl)cc1. The quantitative estimate of drug-likeness (QED) is 0.512. The standard InChI is InChI=1S/C16H15ClF3N5O2S/c17-10-3-1-9(2-4-10)14(26)23-15(21-11-5-6-28(27)8-11)22-13-7-12(24-25-13)16(18,19)20/h1-4,7,11H,5-6,8H2,(H3,21,22,23,24,25,26). The molecule has 1 saturated heterocycles. The van der Waals surface area contributed by atoms with Crippen LogP contribution in [-0.4, -0.2) is 43.8 Å². The molecular weight excluding hydrogens is 419 g/mol. The minimum atomic E-state index is -4.58. The predicted octanol–water partition coefficient (Wildman–Crippen LogP) is 2.80. The average molecular weight is 434 g/mol. The highest BCUT2D eigenvalue weighted by molar-refractivity contribution is 7.85. The summed E-state index contributed by atoms with van der Waals surface area (Å²) in [4.78, 5) is 16.7. The number of benzene rings is 1. The van der Waals surface area contributed by atoms with E-state index in [1.807, 2.05) is 5.10 Å². The minimum absolute atomic E-state index is 0.0796. The van der Waals surface area contributed by atoms with E-state index in [4.69, 9.17) is 11.6 Å². The van der Waals surface area contributed by atoms with Gasteiger partial charge in [-0.1, -0.05) is 11.6 Å². The van der Waals surface area contributed by atoms with Gasteiger partial charge in [-0.05, 0) is 30.7 Å². The molecule has 3 rings (SSSR count). The zero-order valence-corrected chi connectivity index (χ0v) is 15.8. The van der Waals surface area contributed by atoms with E-state index in [9.17, 15) is 22.2 Å². The number of aliphatic imine (C=N–C) groups is 1. The molecule has 2 aromatic rings. The molecule has 0 aliphatic carbocycles. The molecule has 1 amide bonds. The molecule has 1 aliphatic heterocycles. The number of anilines is 1. The molecule has 3 N–H and O–H groups in total.